The smallest absolute Gasteiger partial charge is 0.410 e. The fraction of sp³-hybridized carbons (Fsp3) is 0.636. The summed E-state index contributed by atoms with van der Waals surface area (Å²) in [7, 11) is 0. The number of amides is 1. The van der Waals surface area contributed by atoms with Gasteiger partial charge in [-0.15, -0.1) is 0 Å². The molecule has 2 fully saturated rings. The molecule has 0 aliphatic carbocycles. The second kappa shape index (κ2) is 9.48. The molecule has 1 amide bonds. The van der Waals surface area contributed by atoms with Gasteiger partial charge in [0.1, 0.15) is 11.4 Å². The lowest BCUT2D eigenvalue weighted by atomic mass is 9.98. The lowest BCUT2D eigenvalue weighted by molar-refractivity contribution is -0.120. The summed E-state index contributed by atoms with van der Waals surface area (Å²) >= 11 is 0. The van der Waals surface area contributed by atoms with Crippen LogP contribution in [0.4, 0.5) is 10.5 Å². The number of likely N-dealkylation sites (tertiary alicyclic amines) is 1. The Morgan fingerprint density at radius 2 is 1.79 bits per heavy atom. The molecular formula is C22H32N2O5. The van der Waals surface area contributed by atoms with Crippen molar-refractivity contribution in [1.82, 2.24) is 4.90 Å². The zero-order valence-corrected chi connectivity index (χ0v) is 17.6. The molecule has 0 unspecified atom stereocenters. The van der Waals surface area contributed by atoms with Gasteiger partial charge in [-0.25, -0.2) is 4.79 Å². The van der Waals surface area contributed by atoms with E-state index >= 15 is 0 Å². The Morgan fingerprint density at radius 1 is 1.10 bits per heavy atom. The van der Waals surface area contributed by atoms with Gasteiger partial charge in [0.2, 0.25) is 0 Å². The lowest BCUT2D eigenvalue weighted by Gasteiger charge is -2.33. The number of piperidine rings is 1. The molecule has 7 nitrogen and oxygen atoms in total. The minimum absolute atomic E-state index is 0.215. The van der Waals surface area contributed by atoms with E-state index in [1.54, 1.807) is 17.0 Å². The van der Waals surface area contributed by atoms with Crippen LogP contribution < -0.4 is 9.64 Å². The standard InChI is InChI=1S/C22H32N2O5/c1-22(2,3)29-21(26)23-11-8-17(9-12-23)15-27-20-10-13-24(14-20)18-4-6-19(7-5-18)28-16-25/h4-7,16-17,20H,8-15H2,1-3H3/t20-/m0/s1. The first-order valence-corrected chi connectivity index (χ1v) is 10.4. The number of nitrogens with zero attached hydrogens (tertiary/aromatic N) is 2. The largest absolute Gasteiger partial charge is 0.444 e. The highest BCUT2D eigenvalue weighted by Crippen LogP contribution is 2.26. The van der Waals surface area contributed by atoms with E-state index in [2.05, 4.69) is 4.90 Å². The third-order valence-corrected chi connectivity index (χ3v) is 5.36. The Hall–Kier alpha value is -2.28. The maximum atomic E-state index is 12.2. The van der Waals surface area contributed by atoms with Crippen LogP contribution in [0.1, 0.15) is 40.0 Å². The van der Waals surface area contributed by atoms with Gasteiger partial charge < -0.3 is 24.0 Å². The molecule has 0 radical (unpaired) electrons. The third kappa shape index (κ3) is 6.35. The fourth-order valence-corrected chi connectivity index (χ4v) is 3.77. The molecule has 160 valence electrons. The number of ether oxygens (including phenoxy) is 3. The Morgan fingerprint density at radius 3 is 2.41 bits per heavy atom. The second-order valence-electron chi connectivity index (χ2n) is 8.81. The number of carbonyl (C=O) groups excluding carboxylic acids is 2. The molecule has 1 aromatic rings. The van der Waals surface area contributed by atoms with Crippen molar-refractivity contribution in [3.05, 3.63) is 24.3 Å². The number of hydrogen-bond donors (Lipinski definition) is 0. The normalized spacial score (nSPS) is 20.6. The van der Waals surface area contributed by atoms with Crippen molar-refractivity contribution >= 4 is 18.3 Å². The van der Waals surface area contributed by atoms with E-state index in [0.717, 1.165) is 57.7 Å². The van der Waals surface area contributed by atoms with Gasteiger partial charge in [-0.2, -0.15) is 0 Å². The maximum absolute atomic E-state index is 12.2. The summed E-state index contributed by atoms with van der Waals surface area (Å²) < 4.78 is 16.5. The monoisotopic (exact) mass is 404 g/mol. The minimum atomic E-state index is -0.451. The zero-order valence-electron chi connectivity index (χ0n) is 17.6. The highest BCUT2D eigenvalue weighted by Gasteiger charge is 2.29. The molecule has 2 saturated heterocycles. The highest BCUT2D eigenvalue weighted by atomic mass is 16.6. The molecule has 2 aliphatic heterocycles. The number of hydrogen-bond acceptors (Lipinski definition) is 6. The van der Waals surface area contributed by atoms with E-state index in [1.165, 1.54) is 0 Å². The first kappa shape index (κ1) is 21.4. The summed E-state index contributed by atoms with van der Waals surface area (Å²) in [6, 6.07) is 7.54. The molecule has 0 aromatic heterocycles. The van der Waals surface area contributed by atoms with Gasteiger partial charge in [0.25, 0.3) is 6.47 Å². The van der Waals surface area contributed by atoms with Crippen LogP contribution in [0.5, 0.6) is 5.75 Å². The van der Waals surface area contributed by atoms with E-state index in [9.17, 15) is 9.59 Å². The summed E-state index contributed by atoms with van der Waals surface area (Å²) in [5.74, 6) is 1.04. The molecule has 2 heterocycles. The Labute approximate surface area is 172 Å². The minimum Gasteiger partial charge on any atom is -0.444 e. The number of benzene rings is 1. The molecule has 0 N–H and O–H groups in total. The van der Waals surface area contributed by atoms with Crippen LogP contribution in [0.2, 0.25) is 0 Å². The molecule has 2 aliphatic rings. The lowest BCUT2D eigenvalue weighted by Crippen LogP contribution is -2.42. The van der Waals surface area contributed by atoms with Gasteiger partial charge in [-0.1, -0.05) is 0 Å². The van der Waals surface area contributed by atoms with Crippen molar-refractivity contribution < 1.29 is 23.8 Å². The fourth-order valence-electron chi connectivity index (χ4n) is 3.77. The van der Waals surface area contributed by atoms with Gasteiger partial charge in [0, 0.05) is 38.5 Å². The average molecular weight is 405 g/mol. The predicted molar refractivity (Wildman–Crippen MR) is 110 cm³/mol. The predicted octanol–water partition coefficient (Wildman–Crippen LogP) is 3.46. The summed E-state index contributed by atoms with van der Waals surface area (Å²) in [6.45, 7) is 10.1. The van der Waals surface area contributed by atoms with E-state index in [1.807, 2.05) is 32.9 Å². The van der Waals surface area contributed by atoms with Crippen LogP contribution in [0.15, 0.2) is 24.3 Å². The molecule has 7 heteroatoms. The van der Waals surface area contributed by atoms with Crippen LogP contribution in [-0.2, 0) is 14.3 Å². The van der Waals surface area contributed by atoms with Crippen molar-refractivity contribution in [1.29, 1.82) is 0 Å². The van der Waals surface area contributed by atoms with Gasteiger partial charge in [0.05, 0.1) is 6.10 Å². The first-order chi connectivity index (χ1) is 13.8. The van der Waals surface area contributed by atoms with Gasteiger partial charge in [0.15, 0.2) is 0 Å². The Balaban J connectivity index is 1.37. The number of rotatable bonds is 6. The number of carbonyl (C=O) groups is 2. The maximum Gasteiger partial charge on any atom is 0.410 e. The Kier molecular flexibility index (Phi) is 7.00. The van der Waals surface area contributed by atoms with Gasteiger partial charge >= 0.3 is 6.09 Å². The van der Waals surface area contributed by atoms with Crippen molar-refractivity contribution in [3.63, 3.8) is 0 Å². The van der Waals surface area contributed by atoms with Crippen molar-refractivity contribution in [2.75, 3.05) is 37.7 Å². The molecule has 0 saturated carbocycles. The molecule has 1 atom stereocenters. The van der Waals surface area contributed by atoms with Crippen molar-refractivity contribution in [2.24, 2.45) is 5.92 Å². The quantitative estimate of drug-likeness (QED) is 0.677. The SMILES string of the molecule is CC(C)(C)OC(=O)N1CCC(CO[C@H]2CCN(c3ccc(OC=O)cc3)C2)CC1. The first-order valence-electron chi connectivity index (χ1n) is 10.4. The highest BCUT2D eigenvalue weighted by molar-refractivity contribution is 5.68. The molecular weight excluding hydrogens is 372 g/mol. The van der Waals surface area contributed by atoms with E-state index in [-0.39, 0.29) is 12.2 Å². The van der Waals surface area contributed by atoms with Crippen molar-refractivity contribution in [2.45, 2.75) is 51.7 Å². The molecule has 3 rings (SSSR count). The Bertz CT molecular complexity index is 677. The molecule has 0 spiro atoms. The third-order valence-electron chi connectivity index (χ3n) is 5.36. The van der Waals surface area contributed by atoms with Crippen LogP contribution in [0.25, 0.3) is 0 Å². The summed E-state index contributed by atoms with van der Waals surface area (Å²) in [5, 5.41) is 0. The van der Waals surface area contributed by atoms with Crippen molar-refractivity contribution in [3.8, 4) is 5.75 Å². The van der Waals surface area contributed by atoms with Crippen LogP contribution in [-0.4, -0.2) is 62.0 Å². The molecule has 29 heavy (non-hydrogen) atoms. The van der Waals surface area contributed by atoms with Crippen LogP contribution in [0.3, 0.4) is 0 Å². The van der Waals surface area contributed by atoms with E-state index in [4.69, 9.17) is 14.2 Å². The van der Waals surface area contributed by atoms with E-state index < -0.39 is 5.60 Å². The molecule has 1 aromatic carbocycles. The summed E-state index contributed by atoms with van der Waals surface area (Å²) in [5.41, 5.74) is 0.660. The average Bonchev–Trinajstić information content (AvgIpc) is 3.15. The number of anilines is 1. The molecule has 0 bridgehead atoms. The van der Waals surface area contributed by atoms with Gasteiger partial charge in [-0.3, -0.25) is 4.79 Å². The summed E-state index contributed by atoms with van der Waals surface area (Å²) in [6.07, 6.45) is 2.92. The zero-order chi connectivity index (χ0) is 20.9. The van der Waals surface area contributed by atoms with Gasteiger partial charge in [-0.05, 0) is 70.2 Å². The van der Waals surface area contributed by atoms with E-state index in [0.29, 0.717) is 18.1 Å². The topological polar surface area (TPSA) is 68.3 Å². The van der Waals surface area contributed by atoms with Crippen LogP contribution in [0, 0.1) is 5.92 Å². The van der Waals surface area contributed by atoms with Crippen LogP contribution >= 0.6 is 0 Å². The summed E-state index contributed by atoms with van der Waals surface area (Å²) in [4.78, 5) is 26.6. The second-order valence-corrected chi connectivity index (χ2v) is 8.81.